The van der Waals surface area contributed by atoms with E-state index in [0.29, 0.717) is 31.7 Å². The van der Waals surface area contributed by atoms with Gasteiger partial charge in [-0.3, -0.25) is 9.59 Å². The summed E-state index contributed by atoms with van der Waals surface area (Å²) in [5.74, 6) is -0.149. The van der Waals surface area contributed by atoms with Gasteiger partial charge in [0.05, 0.1) is 11.5 Å². The van der Waals surface area contributed by atoms with E-state index < -0.39 is 10.0 Å². The van der Waals surface area contributed by atoms with Gasteiger partial charge in [0.25, 0.3) is 5.91 Å². The Balaban J connectivity index is 1.60. The van der Waals surface area contributed by atoms with Gasteiger partial charge < -0.3 is 15.4 Å². The highest BCUT2D eigenvalue weighted by Gasteiger charge is 2.13. The Morgan fingerprint density at radius 2 is 1.59 bits per heavy atom. The van der Waals surface area contributed by atoms with Crippen molar-refractivity contribution in [2.45, 2.75) is 37.1 Å². The molecule has 0 fully saturated rings. The Morgan fingerprint density at radius 1 is 0.875 bits per heavy atom. The zero-order chi connectivity index (χ0) is 23.2. The molecule has 2 aromatic rings. The van der Waals surface area contributed by atoms with Crippen molar-refractivity contribution in [3.05, 3.63) is 65.7 Å². The molecule has 2 rings (SSSR count). The molecule has 0 radical (unpaired) electrons. The number of carbonyl (C=O) groups is 2. The molecule has 9 heteroatoms. The van der Waals surface area contributed by atoms with E-state index in [1.165, 1.54) is 19.2 Å². The molecule has 0 bridgehead atoms. The smallest absolute Gasteiger partial charge is 0.251 e. The highest BCUT2D eigenvalue weighted by atomic mass is 32.2. The molecular weight excluding hydrogens is 430 g/mol. The third-order valence-electron chi connectivity index (χ3n) is 4.72. The average molecular weight is 462 g/mol. The molecule has 2 aromatic carbocycles. The first-order valence-corrected chi connectivity index (χ1v) is 12.1. The molecule has 0 aliphatic rings. The average Bonchev–Trinajstić information content (AvgIpc) is 2.80. The van der Waals surface area contributed by atoms with Crippen LogP contribution in [0.3, 0.4) is 0 Å². The van der Waals surface area contributed by atoms with Crippen molar-refractivity contribution in [3.8, 4) is 0 Å². The first kappa shape index (κ1) is 25.5. The Bertz CT molecular complexity index is 947. The van der Waals surface area contributed by atoms with E-state index in [-0.39, 0.29) is 23.3 Å². The van der Waals surface area contributed by atoms with Crippen molar-refractivity contribution in [1.29, 1.82) is 0 Å². The molecule has 0 aliphatic carbocycles. The van der Waals surface area contributed by atoms with Crippen LogP contribution in [0.5, 0.6) is 0 Å². The molecule has 0 spiro atoms. The molecule has 0 aromatic heterocycles. The summed E-state index contributed by atoms with van der Waals surface area (Å²) in [5.41, 5.74) is 1.46. The van der Waals surface area contributed by atoms with Crippen LogP contribution in [-0.4, -0.2) is 47.0 Å². The van der Waals surface area contributed by atoms with E-state index in [1.807, 2.05) is 18.2 Å². The summed E-state index contributed by atoms with van der Waals surface area (Å²) in [4.78, 5) is 24.1. The number of methoxy groups -OCH3 is 1. The maximum atomic E-state index is 12.1. The molecule has 0 unspecified atom stereocenters. The second kappa shape index (κ2) is 13.6. The number of carbonyl (C=O) groups excluding carboxylic acids is 2. The van der Waals surface area contributed by atoms with Gasteiger partial charge in [0, 0.05) is 38.7 Å². The number of amides is 2. The number of ether oxygens (including phenoxy) is 1. The Hall–Kier alpha value is -2.75. The van der Waals surface area contributed by atoms with Crippen molar-refractivity contribution in [2.24, 2.45) is 0 Å². The van der Waals surface area contributed by atoms with Crippen LogP contribution in [0.4, 0.5) is 0 Å². The van der Waals surface area contributed by atoms with Gasteiger partial charge in [-0.2, -0.15) is 0 Å². The third kappa shape index (κ3) is 9.17. The van der Waals surface area contributed by atoms with Crippen LogP contribution in [-0.2, 0) is 26.1 Å². The summed E-state index contributed by atoms with van der Waals surface area (Å²) in [5, 5.41) is 5.71. The molecule has 0 heterocycles. The minimum absolute atomic E-state index is 0.0590. The molecule has 0 saturated carbocycles. The lowest BCUT2D eigenvalue weighted by molar-refractivity contribution is -0.121. The molecule has 0 atom stereocenters. The minimum atomic E-state index is -3.57. The topological polar surface area (TPSA) is 114 Å². The molecule has 0 saturated heterocycles. The van der Waals surface area contributed by atoms with E-state index in [2.05, 4.69) is 15.4 Å². The predicted octanol–water partition coefficient (Wildman–Crippen LogP) is 2.22. The number of benzene rings is 2. The summed E-state index contributed by atoms with van der Waals surface area (Å²) in [6.07, 6.45) is 2.78. The van der Waals surface area contributed by atoms with Crippen molar-refractivity contribution in [3.63, 3.8) is 0 Å². The fourth-order valence-corrected chi connectivity index (χ4v) is 3.93. The van der Waals surface area contributed by atoms with Crippen LogP contribution in [0.15, 0.2) is 59.5 Å². The van der Waals surface area contributed by atoms with Crippen molar-refractivity contribution in [2.75, 3.05) is 26.8 Å². The van der Waals surface area contributed by atoms with Crippen LogP contribution < -0.4 is 15.4 Å². The van der Waals surface area contributed by atoms with Gasteiger partial charge in [-0.25, -0.2) is 13.1 Å². The van der Waals surface area contributed by atoms with E-state index in [9.17, 15) is 18.0 Å². The lowest BCUT2D eigenvalue weighted by Crippen LogP contribution is -2.27. The monoisotopic (exact) mass is 461 g/mol. The van der Waals surface area contributed by atoms with Gasteiger partial charge >= 0.3 is 0 Å². The fraction of sp³-hybridized carbons (Fsp3) is 0.391. The van der Waals surface area contributed by atoms with Crippen LogP contribution in [0, 0.1) is 0 Å². The number of unbranched alkanes of at least 4 members (excludes halogenated alkanes) is 2. The first-order valence-electron chi connectivity index (χ1n) is 10.6. The zero-order valence-corrected chi connectivity index (χ0v) is 19.1. The molecule has 8 nitrogen and oxygen atoms in total. The van der Waals surface area contributed by atoms with Crippen molar-refractivity contribution >= 4 is 21.8 Å². The van der Waals surface area contributed by atoms with E-state index in [1.54, 1.807) is 24.3 Å². The van der Waals surface area contributed by atoms with Crippen LogP contribution in [0.25, 0.3) is 0 Å². The molecule has 2 amide bonds. The van der Waals surface area contributed by atoms with Gasteiger partial charge in [-0.1, -0.05) is 36.8 Å². The SMILES string of the molecule is COCCNS(=O)(=O)c1ccc(CNC(=O)CCCCCNC(=O)c2ccccc2)cc1. The van der Waals surface area contributed by atoms with E-state index >= 15 is 0 Å². The third-order valence-corrected chi connectivity index (χ3v) is 6.20. The van der Waals surface area contributed by atoms with Gasteiger partial charge in [-0.15, -0.1) is 0 Å². The Labute approximate surface area is 189 Å². The Morgan fingerprint density at radius 3 is 2.28 bits per heavy atom. The van der Waals surface area contributed by atoms with Crippen molar-refractivity contribution < 1.29 is 22.7 Å². The van der Waals surface area contributed by atoms with Crippen LogP contribution >= 0.6 is 0 Å². The second-order valence-corrected chi connectivity index (χ2v) is 9.01. The Kier molecular flexibility index (Phi) is 10.9. The summed E-state index contributed by atoms with van der Waals surface area (Å²) in [7, 11) is -2.06. The lowest BCUT2D eigenvalue weighted by atomic mass is 10.1. The summed E-state index contributed by atoms with van der Waals surface area (Å²) in [6.45, 7) is 1.41. The number of hydrogen-bond acceptors (Lipinski definition) is 5. The predicted molar refractivity (Wildman–Crippen MR) is 123 cm³/mol. The summed E-state index contributed by atoms with van der Waals surface area (Å²) >= 11 is 0. The lowest BCUT2D eigenvalue weighted by Gasteiger charge is -2.09. The maximum Gasteiger partial charge on any atom is 0.251 e. The van der Waals surface area contributed by atoms with Gasteiger partial charge in [0.1, 0.15) is 0 Å². The first-order chi connectivity index (χ1) is 15.4. The fourth-order valence-electron chi connectivity index (χ4n) is 2.92. The van der Waals surface area contributed by atoms with E-state index in [4.69, 9.17) is 4.74 Å². The standard InChI is InChI=1S/C23H31N3O5S/c1-31-17-16-26-32(29,30)21-13-11-19(12-14-21)18-25-22(27)10-6-3-7-15-24-23(28)20-8-4-2-5-9-20/h2,4-5,8-9,11-14,26H,3,6-7,10,15-18H2,1H3,(H,24,28)(H,25,27). The van der Waals surface area contributed by atoms with Gasteiger partial charge in [-0.05, 0) is 42.7 Å². The maximum absolute atomic E-state index is 12.1. The van der Waals surface area contributed by atoms with Gasteiger partial charge in [0.15, 0.2) is 0 Å². The largest absolute Gasteiger partial charge is 0.383 e. The molecule has 174 valence electrons. The zero-order valence-electron chi connectivity index (χ0n) is 18.3. The van der Waals surface area contributed by atoms with Crippen molar-refractivity contribution in [1.82, 2.24) is 15.4 Å². The molecule has 3 N–H and O–H groups in total. The van der Waals surface area contributed by atoms with Crippen LogP contribution in [0.1, 0.15) is 41.6 Å². The highest BCUT2D eigenvalue weighted by Crippen LogP contribution is 2.10. The molecule has 32 heavy (non-hydrogen) atoms. The minimum Gasteiger partial charge on any atom is -0.383 e. The quantitative estimate of drug-likeness (QED) is 0.373. The highest BCUT2D eigenvalue weighted by molar-refractivity contribution is 7.89. The molecule has 0 aliphatic heterocycles. The van der Waals surface area contributed by atoms with Gasteiger partial charge in [0.2, 0.25) is 15.9 Å². The normalized spacial score (nSPS) is 11.2. The number of hydrogen-bond donors (Lipinski definition) is 3. The number of rotatable bonds is 14. The van der Waals surface area contributed by atoms with E-state index in [0.717, 1.165) is 24.8 Å². The number of sulfonamides is 1. The van der Waals surface area contributed by atoms with Crippen LogP contribution in [0.2, 0.25) is 0 Å². The summed E-state index contributed by atoms with van der Waals surface area (Å²) in [6, 6.07) is 15.4. The second-order valence-electron chi connectivity index (χ2n) is 7.24. The number of nitrogens with one attached hydrogen (secondary N) is 3. The summed E-state index contributed by atoms with van der Waals surface area (Å²) < 4.78 is 31.5. The molecular formula is C23H31N3O5S.